The molecule has 2 aliphatic rings. The smallest absolute Gasteiger partial charge is 0.251 e. The Morgan fingerprint density at radius 1 is 1.25 bits per heavy atom. The predicted octanol–water partition coefficient (Wildman–Crippen LogP) is 3.38. The normalized spacial score (nSPS) is 25.5. The minimum absolute atomic E-state index is 0.0405. The fourth-order valence-electron chi connectivity index (χ4n) is 3.76. The van der Waals surface area contributed by atoms with Crippen molar-refractivity contribution in [1.82, 2.24) is 10.2 Å². The lowest BCUT2D eigenvalue weighted by Gasteiger charge is -2.41. The highest BCUT2D eigenvalue weighted by Crippen LogP contribution is 2.48. The minimum atomic E-state index is 0.0405. The number of hydrogen-bond acceptors (Lipinski definition) is 3. The number of nitrogens with zero attached hydrogens (tertiary/aromatic N) is 1. The summed E-state index contributed by atoms with van der Waals surface area (Å²) in [5.41, 5.74) is 9.02. The average Bonchev–Trinajstić information content (AvgIpc) is 3.24. The zero-order valence-electron chi connectivity index (χ0n) is 15.4. The lowest BCUT2D eigenvalue weighted by molar-refractivity contribution is 0.0812. The highest BCUT2D eigenvalue weighted by atomic mass is 16.1. The zero-order valence-corrected chi connectivity index (χ0v) is 15.4. The monoisotopic (exact) mass is 329 g/mol. The van der Waals surface area contributed by atoms with Gasteiger partial charge in [0.1, 0.15) is 0 Å². The Bertz CT molecular complexity index is 612. The third-order valence-electron chi connectivity index (χ3n) is 5.64. The first-order valence-corrected chi connectivity index (χ1v) is 9.21. The third-order valence-corrected chi connectivity index (χ3v) is 5.64. The average molecular weight is 329 g/mol. The van der Waals surface area contributed by atoms with Gasteiger partial charge < -0.3 is 11.1 Å². The van der Waals surface area contributed by atoms with E-state index in [0.29, 0.717) is 11.8 Å². The largest absolute Gasteiger partial charge is 0.398 e. The Morgan fingerprint density at radius 2 is 1.88 bits per heavy atom. The molecule has 2 atom stereocenters. The van der Waals surface area contributed by atoms with Gasteiger partial charge >= 0.3 is 0 Å². The summed E-state index contributed by atoms with van der Waals surface area (Å²) in [6, 6.07) is 6.02. The Kier molecular flexibility index (Phi) is 4.60. The molecule has 1 amide bonds. The molecular weight excluding hydrogens is 298 g/mol. The summed E-state index contributed by atoms with van der Waals surface area (Å²) in [6.07, 6.45) is 3.22. The van der Waals surface area contributed by atoms with Crippen molar-refractivity contribution < 1.29 is 4.79 Å². The number of nitrogens with two attached hydrogens (primary N) is 1. The molecule has 0 spiro atoms. The molecule has 0 radical (unpaired) electrons. The fourth-order valence-corrected chi connectivity index (χ4v) is 3.76. The lowest BCUT2D eigenvalue weighted by Crippen LogP contribution is -2.50. The first-order chi connectivity index (χ1) is 11.3. The van der Waals surface area contributed by atoms with E-state index in [1.54, 1.807) is 0 Å². The van der Waals surface area contributed by atoms with Crippen molar-refractivity contribution in [2.45, 2.75) is 64.5 Å². The fraction of sp³-hybridized carbons (Fsp3) is 0.650. The lowest BCUT2D eigenvalue weighted by atomic mass is 9.97. The van der Waals surface area contributed by atoms with Crippen molar-refractivity contribution in [3.05, 3.63) is 29.3 Å². The molecule has 1 saturated carbocycles. The van der Waals surface area contributed by atoms with Crippen LogP contribution in [-0.2, 0) is 0 Å². The predicted molar refractivity (Wildman–Crippen MR) is 99.2 cm³/mol. The summed E-state index contributed by atoms with van der Waals surface area (Å²) in [7, 11) is 0. The molecule has 3 N–H and O–H groups in total. The van der Waals surface area contributed by atoms with Crippen LogP contribution in [0.25, 0.3) is 0 Å². The number of nitrogens with one attached hydrogen (secondary N) is 1. The topological polar surface area (TPSA) is 58.4 Å². The second-order valence-corrected chi connectivity index (χ2v) is 8.57. The second kappa shape index (κ2) is 6.40. The van der Waals surface area contributed by atoms with Crippen molar-refractivity contribution in [3.63, 3.8) is 0 Å². The molecule has 132 valence electrons. The van der Waals surface area contributed by atoms with E-state index in [4.69, 9.17) is 5.73 Å². The summed E-state index contributed by atoms with van der Waals surface area (Å²) in [6.45, 7) is 11.1. The van der Waals surface area contributed by atoms with E-state index in [-0.39, 0.29) is 17.5 Å². The number of hydrogen-bond donors (Lipinski definition) is 2. The number of anilines is 1. The van der Waals surface area contributed by atoms with Crippen molar-refractivity contribution >= 4 is 11.6 Å². The van der Waals surface area contributed by atoms with Crippen molar-refractivity contribution in [2.75, 3.05) is 18.8 Å². The van der Waals surface area contributed by atoms with Gasteiger partial charge in [-0.3, -0.25) is 9.69 Å². The van der Waals surface area contributed by atoms with E-state index in [2.05, 4.69) is 37.9 Å². The van der Waals surface area contributed by atoms with Crippen LogP contribution in [0, 0.1) is 5.92 Å². The highest BCUT2D eigenvalue weighted by molar-refractivity contribution is 5.95. The molecule has 1 saturated heterocycles. The van der Waals surface area contributed by atoms with Gasteiger partial charge in [0.05, 0.1) is 0 Å². The van der Waals surface area contributed by atoms with E-state index in [1.165, 1.54) is 6.42 Å². The number of amides is 1. The van der Waals surface area contributed by atoms with Crippen LogP contribution < -0.4 is 11.1 Å². The van der Waals surface area contributed by atoms with Crippen LogP contribution in [-0.4, -0.2) is 35.5 Å². The summed E-state index contributed by atoms with van der Waals surface area (Å²) in [4.78, 5) is 15.1. The van der Waals surface area contributed by atoms with Gasteiger partial charge in [-0.05, 0) is 75.6 Å². The van der Waals surface area contributed by atoms with Gasteiger partial charge in [-0.15, -0.1) is 0 Å². The van der Waals surface area contributed by atoms with Gasteiger partial charge in [-0.2, -0.15) is 0 Å². The molecular formula is C20H31N3O. The molecule has 0 aromatic heterocycles. The molecule has 1 unspecified atom stereocenters. The van der Waals surface area contributed by atoms with Gasteiger partial charge in [0.2, 0.25) is 0 Å². The SMILES string of the molecule is C[C@H]1CC1c1cc(C(=O)NC2CCN(C(C)(C)C)CC2)ccc1N. The Hall–Kier alpha value is -1.55. The summed E-state index contributed by atoms with van der Waals surface area (Å²) in [5, 5.41) is 3.22. The number of carbonyl (C=O) groups is 1. The molecule has 24 heavy (non-hydrogen) atoms. The summed E-state index contributed by atoms with van der Waals surface area (Å²) >= 11 is 0. The molecule has 1 heterocycles. The van der Waals surface area contributed by atoms with Crippen molar-refractivity contribution in [2.24, 2.45) is 5.92 Å². The van der Waals surface area contributed by atoms with Crippen LogP contribution in [0.5, 0.6) is 0 Å². The number of piperidine rings is 1. The molecule has 3 rings (SSSR count). The molecule has 4 heteroatoms. The maximum Gasteiger partial charge on any atom is 0.251 e. The quantitative estimate of drug-likeness (QED) is 0.836. The summed E-state index contributed by atoms with van der Waals surface area (Å²) < 4.78 is 0. The number of carbonyl (C=O) groups excluding carboxylic acids is 1. The molecule has 2 fully saturated rings. The van der Waals surface area contributed by atoms with Gasteiger partial charge in [0, 0.05) is 35.9 Å². The molecule has 1 aliphatic carbocycles. The molecule has 0 bridgehead atoms. The third kappa shape index (κ3) is 3.75. The number of benzene rings is 1. The molecule has 1 aromatic carbocycles. The Labute approximate surface area is 145 Å². The van der Waals surface area contributed by atoms with E-state index >= 15 is 0 Å². The van der Waals surface area contributed by atoms with E-state index in [9.17, 15) is 4.79 Å². The molecule has 1 aromatic rings. The van der Waals surface area contributed by atoms with Crippen LogP contribution in [0.4, 0.5) is 5.69 Å². The first-order valence-electron chi connectivity index (χ1n) is 9.21. The van der Waals surface area contributed by atoms with E-state index in [1.807, 2.05) is 18.2 Å². The number of likely N-dealkylation sites (tertiary alicyclic amines) is 1. The second-order valence-electron chi connectivity index (χ2n) is 8.57. The minimum Gasteiger partial charge on any atom is -0.398 e. The zero-order chi connectivity index (χ0) is 17.5. The van der Waals surface area contributed by atoms with Crippen LogP contribution in [0.15, 0.2) is 18.2 Å². The number of nitrogen functional groups attached to an aromatic ring is 1. The van der Waals surface area contributed by atoms with Crippen molar-refractivity contribution in [3.8, 4) is 0 Å². The Balaban J connectivity index is 1.60. The van der Waals surface area contributed by atoms with Crippen LogP contribution in [0.2, 0.25) is 0 Å². The Morgan fingerprint density at radius 3 is 2.42 bits per heavy atom. The van der Waals surface area contributed by atoms with E-state index in [0.717, 1.165) is 42.7 Å². The van der Waals surface area contributed by atoms with Gasteiger partial charge in [-0.25, -0.2) is 0 Å². The van der Waals surface area contributed by atoms with E-state index < -0.39 is 0 Å². The molecule has 4 nitrogen and oxygen atoms in total. The van der Waals surface area contributed by atoms with Gasteiger partial charge in [-0.1, -0.05) is 6.92 Å². The highest BCUT2D eigenvalue weighted by Gasteiger charge is 2.35. The first kappa shape index (κ1) is 17.3. The van der Waals surface area contributed by atoms with Gasteiger partial charge in [0.25, 0.3) is 5.91 Å². The molecule has 1 aliphatic heterocycles. The maximum absolute atomic E-state index is 12.6. The van der Waals surface area contributed by atoms with Crippen molar-refractivity contribution in [1.29, 1.82) is 0 Å². The van der Waals surface area contributed by atoms with Crippen LogP contribution in [0.3, 0.4) is 0 Å². The standard InChI is InChI=1S/C20H31N3O/c1-13-11-16(13)17-12-14(5-6-18(17)21)19(24)22-15-7-9-23(10-8-15)20(2,3)4/h5-6,12-13,15-16H,7-11,21H2,1-4H3,(H,22,24)/t13-,16?/m0/s1. The van der Waals surface area contributed by atoms with Gasteiger partial charge in [0.15, 0.2) is 0 Å². The summed E-state index contributed by atoms with van der Waals surface area (Å²) in [5.74, 6) is 1.26. The van der Waals surface area contributed by atoms with Crippen LogP contribution in [0.1, 0.15) is 68.8 Å². The van der Waals surface area contributed by atoms with Crippen LogP contribution >= 0.6 is 0 Å². The maximum atomic E-state index is 12.6. The number of rotatable bonds is 3.